The monoisotopic (exact) mass is 288 g/mol. The Balaban J connectivity index is 1.88. The summed E-state index contributed by atoms with van der Waals surface area (Å²) in [5.74, 6) is -0.154. The van der Waals surface area contributed by atoms with Gasteiger partial charge in [-0.1, -0.05) is 30.7 Å². The Kier molecular flexibility index (Phi) is 5.45. The summed E-state index contributed by atoms with van der Waals surface area (Å²) in [5.41, 5.74) is 2.71. The number of carbonyl (C=O) groups excluding carboxylic acids is 1. The first-order chi connectivity index (χ1) is 10.2. The van der Waals surface area contributed by atoms with Gasteiger partial charge in [0.25, 0.3) is 0 Å². The summed E-state index contributed by atoms with van der Waals surface area (Å²) < 4.78 is 1.46. The number of rotatable bonds is 7. The van der Waals surface area contributed by atoms with Crippen LogP contribution in [0.25, 0.3) is 0 Å². The molecule has 1 heterocycles. The Labute approximate surface area is 123 Å². The standard InChI is InChI=1S/C15H20N4O2/c1-2-3-12-4-6-13(7-5-12)16-15(21)11-19-10-14(8-9-20)17-18-19/h4-7,10,20H,2-3,8-9,11H2,1H3,(H,16,21). The molecule has 0 bridgehead atoms. The van der Waals surface area contributed by atoms with Crippen LogP contribution in [0.1, 0.15) is 24.6 Å². The summed E-state index contributed by atoms with van der Waals surface area (Å²) in [5, 5.41) is 19.4. The molecule has 1 aromatic heterocycles. The number of anilines is 1. The molecule has 0 spiro atoms. The summed E-state index contributed by atoms with van der Waals surface area (Å²) in [7, 11) is 0. The highest BCUT2D eigenvalue weighted by molar-refractivity contribution is 5.90. The van der Waals surface area contributed by atoms with Crippen molar-refractivity contribution in [1.82, 2.24) is 15.0 Å². The summed E-state index contributed by atoms with van der Waals surface area (Å²) in [6.07, 6.45) is 4.26. The van der Waals surface area contributed by atoms with Crippen LogP contribution in [0, 0.1) is 0 Å². The summed E-state index contributed by atoms with van der Waals surface area (Å²) in [6, 6.07) is 7.85. The van der Waals surface area contributed by atoms with Gasteiger partial charge < -0.3 is 10.4 Å². The van der Waals surface area contributed by atoms with E-state index in [0.29, 0.717) is 12.1 Å². The molecule has 2 rings (SSSR count). The van der Waals surface area contributed by atoms with E-state index in [9.17, 15) is 4.79 Å². The molecule has 1 amide bonds. The fraction of sp³-hybridized carbons (Fsp3) is 0.400. The van der Waals surface area contributed by atoms with Crippen LogP contribution in [0.15, 0.2) is 30.5 Å². The highest BCUT2D eigenvalue weighted by Gasteiger charge is 2.06. The molecule has 2 aromatic rings. The van der Waals surface area contributed by atoms with Crippen molar-refractivity contribution in [2.45, 2.75) is 32.7 Å². The summed E-state index contributed by atoms with van der Waals surface area (Å²) >= 11 is 0. The molecule has 0 saturated heterocycles. The van der Waals surface area contributed by atoms with Crippen LogP contribution in [-0.4, -0.2) is 32.6 Å². The number of hydrogen-bond donors (Lipinski definition) is 2. The second-order valence-corrected chi connectivity index (χ2v) is 4.88. The minimum Gasteiger partial charge on any atom is -0.396 e. The highest BCUT2D eigenvalue weighted by atomic mass is 16.3. The van der Waals surface area contributed by atoms with Crippen molar-refractivity contribution in [3.63, 3.8) is 0 Å². The molecule has 6 heteroatoms. The molecular formula is C15H20N4O2. The van der Waals surface area contributed by atoms with Crippen molar-refractivity contribution < 1.29 is 9.90 Å². The summed E-state index contributed by atoms with van der Waals surface area (Å²) in [4.78, 5) is 11.9. The van der Waals surface area contributed by atoms with Crippen LogP contribution >= 0.6 is 0 Å². The van der Waals surface area contributed by atoms with Gasteiger partial charge in [-0.2, -0.15) is 0 Å². The van der Waals surface area contributed by atoms with Crippen molar-refractivity contribution in [2.75, 3.05) is 11.9 Å². The molecule has 6 nitrogen and oxygen atoms in total. The second-order valence-electron chi connectivity index (χ2n) is 4.88. The predicted octanol–water partition coefficient (Wildman–Crippen LogP) is 1.40. The number of amides is 1. The Morgan fingerprint density at radius 3 is 2.71 bits per heavy atom. The number of aliphatic hydroxyl groups is 1. The van der Waals surface area contributed by atoms with E-state index < -0.39 is 0 Å². The van der Waals surface area contributed by atoms with Gasteiger partial charge in [-0.25, -0.2) is 4.68 Å². The Morgan fingerprint density at radius 2 is 2.05 bits per heavy atom. The number of benzene rings is 1. The highest BCUT2D eigenvalue weighted by Crippen LogP contribution is 2.11. The third kappa shape index (κ3) is 4.68. The van der Waals surface area contributed by atoms with Crippen LogP contribution < -0.4 is 5.32 Å². The van der Waals surface area contributed by atoms with Crippen molar-refractivity contribution in [2.24, 2.45) is 0 Å². The minimum atomic E-state index is -0.154. The quantitative estimate of drug-likeness (QED) is 0.807. The van der Waals surface area contributed by atoms with E-state index in [1.807, 2.05) is 24.3 Å². The lowest BCUT2D eigenvalue weighted by Gasteiger charge is -2.06. The molecule has 0 aliphatic carbocycles. The van der Waals surface area contributed by atoms with E-state index in [4.69, 9.17) is 5.11 Å². The number of nitrogens with zero attached hydrogens (tertiary/aromatic N) is 3. The zero-order valence-electron chi connectivity index (χ0n) is 12.1. The van der Waals surface area contributed by atoms with Crippen LogP contribution in [0.2, 0.25) is 0 Å². The third-order valence-electron chi connectivity index (χ3n) is 3.04. The maximum absolute atomic E-state index is 11.9. The largest absolute Gasteiger partial charge is 0.396 e. The van der Waals surface area contributed by atoms with Gasteiger partial charge >= 0.3 is 0 Å². The van der Waals surface area contributed by atoms with E-state index in [2.05, 4.69) is 22.6 Å². The zero-order valence-corrected chi connectivity index (χ0v) is 12.1. The van der Waals surface area contributed by atoms with E-state index in [0.717, 1.165) is 18.5 Å². The lowest BCUT2D eigenvalue weighted by molar-refractivity contribution is -0.116. The topological polar surface area (TPSA) is 80.0 Å². The zero-order chi connectivity index (χ0) is 15.1. The Hall–Kier alpha value is -2.21. The Morgan fingerprint density at radius 1 is 1.29 bits per heavy atom. The average molecular weight is 288 g/mol. The molecule has 21 heavy (non-hydrogen) atoms. The normalized spacial score (nSPS) is 10.6. The molecule has 112 valence electrons. The molecule has 0 unspecified atom stereocenters. The Bertz CT molecular complexity index is 578. The number of nitrogens with one attached hydrogen (secondary N) is 1. The van der Waals surface area contributed by atoms with Gasteiger partial charge in [-0.3, -0.25) is 4.79 Å². The maximum atomic E-state index is 11.9. The second kappa shape index (κ2) is 7.54. The molecule has 0 atom stereocenters. The number of aryl methyl sites for hydroxylation is 1. The van der Waals surface area contributed by atoms with Gasteiger partial charge in [-0.05, 0) is 24.1 Å². The molecule has 0 saturated carbocycles. The van der Waals surface area contributed by atoms with Crippen LogP contribution in [0.3, 0.4) is 0 Å². The lowest BCUT2D eigenvalue weighted by Crippen LogP contribution is -2.19. The number of hydrogen-bond acceptors (Lipinski definition) is 4. The number of aliphatic hydroxyl groups excluding tert-OH is 1. The molecule has 0 fully saturated rings. The van der Waals surface area contributed by atoms with Gasteiger partial charge in [0.1, 0.15) is 6.54 Å². The van der Waals surface area contributed by atoms with E-state index in [-0.39, 0.29) is 19.1 Å². The molecule has 0 radical (unpaired) electrons. The molecule has 0 aliphatic heterocycles. The van der Waals surface area contributed by atoms with Crippen molar-refractivity contribution in [3.8, 4) is 0 Å². The fourth-order valence-corrected chi connectivity index (χ4v) is 2.04. The molecular weight excluding hydrogens is 268 g/mol. The first kappa shape index (κ1) is 15.2. The summed E-state index contributed by atoms with van der Waals surface area (Å²) in [6.45, 7) is 2.27. The number of aromatic nitrogens is 3. The van der Waals surface area contributed by atoms with E-state index >= 15 is 0 Å². The van der Waals surface area contributed by atoms with E-state index in [1.54, 1.807) is 6.20 Å². The minimum absolute atomic E-state index is 0.0228. The first-order valence-electron chi connectivity index (χ1n) is 7.10. The van der Waals surface area contributed by atoms with Gasteiger partial charge in [0.2, 0.25) is 5.91 Å². The van der Waals surface area contributed by atoms with Crippen LogP contribution in [0.5, 0.6) is 0 Å². The maximum Gasteiger partial charge on any atom is 0.246 e. The third-order valence-corrected chi connectivity index (χ3v) is 3.04. The molecule has 2 N–H and O–H groups in total. The van der Waals surface area contributed by atoms with Crippen molar-refractivity contribution in [3.05, 3.63) is 41.7 Å². The molecule has 1 aromatic carbocycles. The van der Waals surface area contributed by atoms with Gasteiger partial charge in [0, 0.05) is 24.9 Å². The molecule has 0 aliphatic rings. The SMILES string of the molecule is CCCc1ccc(NC(=O)Cn2cc(CCO)nn2)cc1. The van der Waals surface area contributed by atoms with Gasteiger partial charge in [0.05, 0.1) is 5.69 Å². The van der Waals surface area contributed by atoms with Crippen molar-refractivity contribution in [1.29, 1.82) is 0 Å². The lowest BCUT2D eigenvalue weighted by atomic mass is 10.1. The van der Waals surface area contributed by atoms with Gasteiger partial charge in [-0.15, -0.1) is 5.10 Å². The smallest absolute Gasteiger partial charge is 0.246 e. The number of carbonyl (C=O) groups is 1. The van der Waals surface area contributed by atoms with E-state index in [1.165, 1.54) is 10.2 Å². The van der Waals surface area contributed by atoms with Crippen LogP contribution in [0.4, 0.5) is 5.69 Å². The first-order valence-corrected chi connectivity index (χ1v) is 7.10. The van der Waals surface area contributed by atoms with Crippen LogP contribution in [-0.2, 0) is 24.2 Å². The van der Waals surface area contributed by atoms with Gasteiger partial charge in [0.15, 0.2) is 0 Å². The fourth-order valence-electron chi connectivity index (χ4n) is 2.04. The predicted molar refractivity (Wildman–Crippen MR) is 79.9 cm³/mol. The average Bonchev–Trinajstić information content (AvgIpc) is 2.89. The van der Waals surface area contributed by atoms with Crippen molar-refractivity contribution >= 4 is 11.6 Å².